The van der Waals surface area contributed by atoms with Crippen LogP contribution in [0.1, 0.15) is 73.6 Å². The van der Waals surface area contributed by atoms with E-state index in [2.05, 4.69) is 65.8 Å². The highest BCUT2D eigenvalue weighted by molar-refractivity contribution is 5.91. The molecule has 0 aliphatic carbocycles. The molecule has 3 atom stereocenters. The molecule has 2 aromatic carbocycles. The van der Waals surface area contributed by atoms with Crippen LogP contribution in [0.15, 0.2) is 48.8 Å². The second-order valence-corrected chi connectivity index (χ2v) is 13.3. The molecule has 10 heteroatoms. The molecule has 0 bridgehead atoms. The summed E-state index contributed by atoms with van der Waals surface area (Å²) in [7, 11) is 0. The van der Waals surface area contributed by atoms with Gasteiger partial charge in [0.2, 0.25) is 0 Å². The number of amides is 1. The van der Waals surface area contributed by atoms with E-state index in [0.717, 1.165) is 42.8 Å². The maximum absolute atomic E-state index is 13.9. The van der Waals surface area contributed by atoms with E-state index in [0.29, 0.717) is 37.9 Å². The van der Waals surface area contributed by atoms with E-state index < -0.39 is 17.8 Å². The second kappa shape index (κ2) is 12.3. The van der Waals surface area contributed by atoms with Crippen molar-refractivity contribution in [3.05, 3.63) is 71.2 Å². The van der Waals surface area contributed by atoms with Crippen LogP contribution in [0, 0.1) is 18.3 Å². The van der Waals surface area contributed by atoms with Crippen LogP contribution in [-0.2, 0) is 16.0 Å². The summed E-state index contributed by atoms with van der Waals surface area (Å²) in [5, 5.41) is 12.0. The van der Waals surface area contributed by atoms with Crippen molar-refractivity contribution in [2.75, 3.05) is 44.2 Å². The van der Waals surface area contributed by atoms with Gasteiger partial charge in [0.15, 0.2) is 5.83 Å². The van der Waals surface area contributed by atoms with Gasteiger partial charge < -0.3 is 19.3 Å². The number of carbonyl (C=O) groups excluding carboxylic acids is 1. The molecular formula is C36H41FN6O3. The van der Waals surface area contributed by atoms with Crippen LogP contribution >= 0.6 is 0 Å². The summed E-state index contributed by atoms with van der Waals surface area (Å²) in [4.78, 5) is 28.7. The number of hydrogen-bond donors (Lipinski definition) is 0. The van der Waals surface area contributed by atoms with E-state index in [1.54, 1.807) is 0 Å². The predicted molar refractivity (Wildman–Crippen MR) is 173 cm³/mol. The highest BCUT2D eigenvalue weighted by atomic mass is 19.1. The first-order chi connectivity index (χ1) is 22.3. The highest BCUT2D eigenvalue weighted by Crippen LogP contribution is 2.44. The Balaban J connectivity index is 1.26. The van der Waals surface area contributed by atoms with Gasteiger partial charge in [-0.05, 0) is 74.5 Å². The number of aryl methyl sites for hydroxylation is 1. The summed E-state index contributed by atoms with van der Waals surface area (Å²) in [5.41, 5.74) is 4.15. The maximum Gasteiger partial charge on any atom is 0.318 e. The lowest BCUT2D eigenvalue weighted by atomic mass is 9.91. The first-order valence-electron chi connectivity index (χ1n) is 16.5. The summed E-state index contributed by atoms with van der Waals surface area (Å²) in [5.74, 6) is -1.09. The van der Waals surface area contributed by atoms with Gasteiger partial charge >= 0.3 is 6.01 Å². The number of hydrogen-bond acceptors (Lipinski definition) is 8. The van der Waals surface area contributed by atoms with Crippen LogP contribution in [0.3, 0.4) is 0 Å². The average molecular weight is 625 g/mol. The molecule has 4 aliphatic rings. The first-order valence-corrected chi connectivity index (χ1v) is 16.5. The fraction of sp³-hybridized carbons (Fsp3) is 0.500. The van der Waals surface area contributed by atoms with Crippen molar-refractivity contribution in [3.63, 3.8) is 0 Å². The van der Waals surface area contributed by atoms with Gasteiger partial charge in [-0.2, -0.15) is 15.2 Å². The van der Waals surface area contributed by atoms with E-state index in [-0.39, 0.29) is 30.7 Å². The minimum atomic E-state index is -1.02. The molecule has 5 heterocycles. The molecule has 0 spiro atoms. The number of halogens is 1. The number of anilines is 1. The molecule has 0 radical (unpaired) electrons. The Kier molecular flexibility index (Phi) is 8.16. The number of fused-ring (bicyclic) bond motifs is 3. The van der Waals surface area contributed by atoms with Gasteiger partial charge in [-0.3, -0.25) is 9.69 Å². The van der Waals surface area contributed by atoms with Gasteiger partial charge in [0.1, 0.15) is 12.4 Å². The third-order valence-corrected chi connectivity index (χ3v) is 10.5. The SMILES string of the molecule is C=C(F)C(=O)N1CCN(c2nc(OCC34CCCN3CCC4)nc3c2[C@@H](C)O[C@@H](c2cccc4cccc(C)c24)C3)C[C@@H]1CC#N. The number of nitrogens with zero attached hydrogens (tertiary/aromatic N) is 6. The molecule has 46 heavy (non-hydrogen) atoms. The molecule has 9 nitrogen and oxygen atoms in total. The summed E-state index contributed by atoms with van der Waals surface area (Å²) in [6, 6.07) is 14.7. The fourth-order valence-corrected chi connectivity index (χ4v) is 8.32. The molecule has 1 amide bonds. The summed E-state index contributed by atoms with van der Waals surface area (Å²) in [6.07, 6.45) is 4.67. The van der Waals surface area contributed by atoms with Crippen molar-refractivity contribution in [2.24, 2.45) is 0 Å². The largest absolute Gasteiger partial charge is 0.461 e. The number of aromatic nitrogens is 2. The van der Waals surface area contributed by atoms with Gasteiger partial charge in [0.05, 0.1) is 42.0 Å². The standard InChI is InChI=1S/C36H41FN6O3/c1-23-8-4-9-26-10-5-11-28(31(23)26)30-20-29-32(25(3)46-30)33(41-18-19-43(34(44)24(2)37)27(21-41)12-15-38)40-35(39-29)45-22-36-13-6-16-42(36)17-7-14-36/h4-5,8-11,25,27,30H,2,6-7,12-14,16-22H2,1,3H3/t25-,27+,30-/m1/s1. The zero-order valence-corrected chi connectivity index (χ0v) is 26.7. The first kappa shape index (κ1) is 30.6. The Labute approximate surface area is 269 Å². The second-order valence-electron chi connectivity index (χ2n) is 13.3. The van der Waals surface area contributed by atoms with Gasteiger partial charge in [0.25, 0.3) is 5.91 Å². The van der Waals surface area contributed by atoms with Gasteiger partial charge in [-0.15, -0.1) is 0 Å². The third kappa shape index (κ3) is 5.39. The molecule has 3 aromatic rings. The van der Waals surface area contributed by atoms with Crippen LogP contribution in [0.2, 0.25) is 0 Å². The maximum atomic E-state index is 13.9. The van der Waals surface area contributed by atoms with Crippen LogP contribution in [0.5, 0.6) is 6.01 Å². The molecule has 7 rings (SSSR count). The number of piperazine rings is 1. The topological polar surface area (TPSA) is 94.8 Å². The molecule has 0 saturated carbocycles. The smallest absolute Gasteiger partial charge is 0.318 e. The van der Waals surface area contributed by atoms with E-state index in [9.17, 15) is 14.4 Å². The molecule has 240 valence electrons. The van der Waals surface area contributed by atoms with E-state index in [4.69, 9.17) is 19.4 Å². The number of ether oxygens (including phenoxy) is 2. The predicted octanol–water partition coefficient (Wildman–Crippen LogP) is 5.73. The number of carbonyl (C=O) groups is 1. The Morgan fingerprint density at radius 3 is 2.65 bits per heavy atom. The van der Waals surface area contributed by atoms with Crippen molar-refractivity contribution in [1.29, 1.82) is 5.26 Å². The van der Waals surface area contributed by atoms with Gasteiger partial charge in [-0.25, -0.2) is 4.39 Å². The molecule has 0 N–H and O–H groups in total. The molecular weight excluding hydrogens is 583 g/mol. The number of rotatable bonds is 7. The molecule has 0 unspecified atom stereocenters. The molecule has 4 aliphatic heterocycles. The zero-order chi connectivity index (χ0) is 32.0. The van der Waals surface area contributed by atoms with Crippen molar-refractivity contribution in [2.45, 2.75) is 76.2 Å². The number of benzene rings is 2. The van der Waals surface area contributed by atoms with Gasteiger partial charge in [0, 0.05) is 31.6 Å². The van der Waals surface area contributed by atoms with Crippen LogP contribution in [-0.4, -0.2) is 76.6 Å². The lowest BCUT2D eigenvalue weighted by molar-refractivity contribution is -0.131. The van der Waals surface area contributed by atoms with E-state index >= 15 is 0 Å². The van der Waals surface area contributed by atoms with Crippen LogP contribution in [0.25, 0.3) is 10.8 Å². The number of nitriles is 1. The highest BCUT2D eigenvalue weighted by Gasteiger charge is 2.45. The Morgan fingerprint density at radius 1 is 1.15 bits per heavy atom. The van der Waals surface area contributed by atoms with Crippen molar-refractivity contribution >= 4 is 22.5 Å². The monoisotopic (exact) mass is 624 g/mol. The summed E-state index contributed by atoms with van der Waals surface area (Å²) in [6.45, 7) is 11.1. The molecule has 3 saturated heterocycles. The van der Waals surface area contributed by atoms with Crippen molar-refractivity contribution in [1.82, 2.24) is 19.8 Å². The summed E-state index contributed by atoms with van der Waals surface area (Å²) >= 11 is 0. The normalized spacial score (nSPS) is 24.0. The minimum Gasteiger partial charge on any atom is -0.461 e. The fourth-order valence-electron chi connectivity index (χ4n) is 8.32. The molecule has 1 aromatic heterocycles. The van der Waals surface area contributed by atoms with Crippen LogP contribution in [0.4, 0.5) is 10.2 Å². The quantitative estimate of drug-likeness (QED) is 0.308. The van der Waals surface area contributed by atoms with E-state index in [1.165, 1.54) is 34.1 Å². The van der Waals surface area contributed by atoms with Crippen molar-refractivity contribution < 1.29 is 18.7 Å². The lowest BCUT2D eigenvalue weighted by Crippen LogP contribution is -2.55. The summed E-state index contributed by atoms with van der Waals surface area (Å²) < 4.78 is 27.2. The Hall–Kier alpha value is -4.07. The van der Waals surface area contributed by atoms with Crippen LogP contribution < -0.4 is 9.64 Å². The van der Waals surface area contributed by atoms with Crippen molar-refractivity contribution in [3.8, 4) is 12.1 Å². The third-order valence-electron chi connectivity index (χ3n) is 10.5. The Bertz CT molecular complexity index is 1710. The average Bonchev–Trinajstić information content (AvgIpc) is 3.64. The zero-order valence-electron chi connectivity index (χ0n) is 26.7. The lowest BCUT2D eigenvalue weighted by Gasteiger charge is -2.42. The van der Waals surface area contributed by atoms with E-state index in [1.807, 2.05) is 6.92 Å². The molecule has 3 fully saturated rings. The van der Waals surface area contributed by atoms with Gasteiger partial charge in [-0.1, -0.05) is 43.0 Å². The minimum absolute atomic E-state index is 0.0392. The Morgan fingerprint density at radius 2 is 1.91 bits per heavy atom.